The molecule has 0 saturated carbocycles. The van der Waals surface area contributed by atoms with Crippen LogP contribution in [-0.4, -0.2) is 40.6 Å². The minimum absolute atomic E-state index is 0.00557. The monoisotopic (exact) mass is 490 g/mol. The average molecular weight is 491 g/mol. The van der Waals surface area contributed by atoms with Gasteiger partial charge in [-0.2, -0.15) is 5.10 Å². The Morgan fingerprint density at radius 3 is 2.81 bits per heavy atom. The summed E-state index contributed by atoms with van der Waals surface area (Å²) in [4.78, 5) is 28.9. The van der Waals surface area contributed by atoms with E-state index in [0.29, 0.717) is 12.1 Å². The number of hydrogen-bond acceptors (Lipinski definition) is 5. The van der Waals surface area contributed by atoms with Crippen LogP contribution in [0.3, 0.4) is 0 Å². The number of anilines is 1. The molecule has 3 N–H and O–H groups in total. The molecule has 1 aromatic carbocycles. The van der Waals surface area contributed by atoms with Crippen LogP contribution in [0.15, 0.2) is 67.5 Å². The van der Waals surface area contributed by atoms with Crippen molar-refractivity contribution in [2.45, 2.75) is 33.1 Å². The van der Waals surface area contributed by atoms with Crippen molar-refractivity contribution >= 4 is 33.5 Å². The first-order valence-electron chi connectivity index (χ1n) is 12.3. The number of unbranched alkanes of at least 4 members (excludes halogenated alkanes) is 1. The van der Waals surface area contributed by atoms with Gasteiger partial charge in [0.05, 0.1) is 40.8 Å². The second-order valence-electron chi connectivity index (χ2n) is 9.14. The van der Waals surface area contributed by atoms with E-state index in [9.17, 15) is 4.79 Å². The Kier molecular flexibility index (Phi) is 5.72. The lowest BCUT2D eigenvalue weighted by Gasteiger charge is -2.07. The third-order valence-corrected chi connectivity index (χ3v) is 6.43. The van der Waals surface area contributed by atoms with Gasteiger partial charge in [0.2, 0.25) is 5.91 Å². The highest BCUT2D eigenvalue weighted by atomic mass is 16.1. The van der Waals surface area contributed by atoms with Crippen LogP contribution in [0.5, 0.6) is 0 Å². The van der Waals surface area contributed by atoms with Crippen molar-refractivity contribution in [1.29, 1.82) is 0 Å². The summed E-state index contributed by atoms with van der Waals surface area (Å²) in [6.07, 6.45) is 11.4. The van der Waals surface area contributed by atoms with Gasteiger partial charge in [-0.15, -0.1) is 0 Å². The maximum absolute atomic E-state index is 12.2. The first kappa shape index (κ1) is 22.7. The van der Waals surface area contributed by atoms with Crippen LogP contribution in [0.4, 0.5) is 5.69 Å². The molecule has 184 valence electrons. The Balaban J connectivity index is 1.37. The summed E-state index contributed by atoms with van der Waals surface area (Å²) < 4.78 is 2.00. The highest BCUT2D eigenvalue weighted by Crippen LogP contribution is 2.33. The summed E-state index contributed by atoms with van der Waals surface area (Å²) in [6.45, 7) is 4.04. The normalized spacial score (nSPS) is 11.4. The molecular formula is C28H26N8O. The molecular weight excluding hydrogens is 464 g/mol. The summed E-state index contributed by atoms with van der Waals surface area (Å²) in [5.74, 6) is 0.00557. The van der Waals surface area contributed by atoms with E-state index in [0.717, 1.165) is 68.7 Å². The van der Waals surface area contributed by atoms with Gasteiger partial charge in [0, 0.05) is 41.3 Å². The van der Waals surface area contributed by atoms with Gasteiger partial charge in [0.15, 0.2) is 0 Å². The van der Waals surface area contributed by atoms with Crippen molar-refractivity contribution in [2.75, 3.05) is 5.32 Å². The van der Waals surface area contributed by atoms with E-state index in [2.05, 4.69) is 54.5 Å². The highest BCUT2D eigenvalue weighted by molar-refractivity contribution is 5.99. The lowest BCUT2D eigenvalue weighted by molar-refractivity contribution is -0.116. The number of carbonyl (C=O) groups is 1. The van der Waals surface area contributed by atoms with Crippen LogP contribution in [0.25, 0.3) is 50.1 Å². The van der Waals surface area contributed by atoms with Gasteiger partial charge in [0.25, 0.3) is 0 Å². The van der Waals surface area contributed by atoms with Gasteiger partial charge in [-0.3, -0.25) is 14.9 Å². The number of pyridine rings is 2. The Bertz CT molecular complexity index is 1740. The number of rotatable bonds is 7. The van der Waals surface area contributed by atoms with Gasteiger partial charge in [0.1, 0.15) is 11.3 Å². The number of nitrogens with one attached hydrogen (secondary N) is 3. The minimum atomic E-state index is 0.00557. The zero-order chi connectivity index (χ0) is 25.4. The van der Waals surface area contributed by atoms with Crippen molar-refractivity contribution in [3.8, 4) is 28.2 Å². The van der Waals surface area contributed by atoms with Gasteiger partial charge < -0.3 is 14.9 Å². The van der Waals surface area contributed by atoms with Crippen LogP contribution >= 0.6 is 0 Å². The maximum atomic E-state index is 12.2. The number of H-pyrrole nitrogens is 2. The zero-order valence-electron chi connectivity index (χ0n) is 20.6. The second kappa shape index (κ2) is 9.34. The fraction of sp³-hybridized carbons (Fsp3) is 0.179. The molecule has 0 spiro atoms. The largest absolute Gasteiger partial charge is 0.338 e. The number of fused-ring (bicyclic) bond motifs is 2. The zero-order valence-corrected chi connectivity index (χ0v) is 20.6. The predicted octanol–water partition coefficient (Wildman–Crippen LogP) is 5.79. The minimum Gasteiger partial charge on any atom is -0.338 e. The lowest BCUT2D eigenvalue weighted by Crippen LogP contribution is -2.11. The molecule has 0 aliphatic heterocycles. The lowest BCUT2D eigenvalue weighted by atomic mass is 10.0. The Morgan fingerprint density at radius 1 is 1.05 bits per heavy atom. The summed E-state index contributed by atoms with van der Waals surface area (Å²) in [6, 6.07) is 12.1. The first-order chi connectivity index (χ1) is 18.1. The van der Waals surface area contributed by atoms with Crippen LogP contribution in [0.1, 0.15) is 31.9 Å². The third-order valence-electron chi connectivity index (χ3n) is 6.43. The average Bonchev–Trinajstić information content (AvgIpc) is 3.64. The molecule has 1 amide bonds. The van der Waals surface area contributed by atoms with E-state index in [-0.39, 0.29) is 5.91 Å². The van der Waals surface area contributed by atoms with Crippen LogP contribution in [0, 0.1) is 6.92 Å². The molecule has 0 unspecified atom stereocenters. The summed E-state index contributed by atoms with van der Waals surface area (Å²) in [5.41, 5.74) is 7.91. The Hall–Kier alpha value is -4.79. The predicted molar refractivity (Wildman–Crippen MR) is 144 cm³/mol. The molecule has 0 atom stereocenters. The maximum Gasteiger partial charge on any atom is 0.224 e. The Labute approximate surface area is 213 Å². The number of imidazole rings is 1. The van der Waals surface area contributed by atoms with Crippen LogP contribution < -0.4 is 5.32 Å². The van der Waals surface area contributed by atoms with Gasteiger partial charge >= 0.3 is 0 Å². The van der Waals surface area contributed by atoms with E-state index in [1.165, 1.54) is 0 Å². The van der Waals surface area contributed by atoms with Gasteiger partial charge in [-0.25, -0.2) is 9.97 Å². The van der Waals surface area contributed by atoms with Crippen LogP contribution in [0.2, 0.25) is 0 Å². The summed E-state index contributed by atoms with van der Waals surface area (Å²) in [5, 5.41) is 12.7. The number of aryl methyl sites for hydroxylation is 1. The molecule has 0 radical (unpaired) electrons. The summed E-state index contributed by atoms with van der Waals surface area (Å²) in [7, 11) is 0. The molecule has 37 heavy (non-hydrogen) atoms. The topological polar surface area (TPSA) is 117 Å². The van der Waals surface area contributed by atoms with E-state index < -0.39 is 0 Å². The number of benzene rings is 1. The molecule has 5 aromatic heterocycles. The van der Waals surface area contributed by atoms with Crippen molar-refractivity contribution < 1.29 is 4.79 Å². The number of aromatic nitrogens is 7. The van der Waals surface area contributed by atoms with E-state index in [1.54, 1.807) is 24.9 Å². The molecule has 0 aliphatic carbocycles. The van der Waals surface area contributed by atoms with E-state index in [4.69, 9.17) is 0 Å². The fourth-order valence-electron chi connectivity index (χ4n) is 4.54. The number of amides is 1. The molecule has 0 bridgehead atoms. The van der Waals surface area contributed by atoms with E-state index >= 15 is 0 Å². The highest BCUT2D eigenvalue weighted by Gasteiger charge is 2.15. The van der Waals surface area contributed by atoms with E-state index in [1.807, 2.05) is 42.0 Å². The van der Waals surface area contributed by atoms with Crippen LogP contribution in [-0.2, 0) is 4.79 Å². The molecule has 5 heterocycles. The quantitative estimate of drug-likeness (QED) is 0.262. The van der Waals surface area contributed by atoms with Gasteiger partial charge in [-0.1, -0.05) is 19.4 Å². The molecule has 0 aliphatic rings. The molecule has 0 saturated heterocycles. The number of nitrogens with zero attached hydrogens (tertiary/aromatic N) is 5. The van der Waals surface area contributed by atoms with Crippen molar-refractivity contribution in [1.82, 2.24) is 34.7 Å². The van der Waals surface area contributed by atoms with Crippen molar-refractivity contribution in [3.05, 3.63) is 73.2 Å². The summed E-state index contributed by atoms with van der Waals surface area (Å²) >= 11 is 0. The second-order valence-corrected chi connectivity index (χ2v) is 9.14. The molecule has 9 heteroatoms. The first-order valence-corrected chi connectivity index (χ1v) is 12.3. The fourth-order valence-corrected chi connectivity index (χ4v) is 4.54. The number of hydrogen-bond donors (Lipinski definition) is 3. The molecule has 0 fully saturated rings. The SMILES string of the molecule is CCCCC(=O)Nc1cncc(-c2ccc3[nH]nc(-c4cc5c(-n6cnc(C)c6)ccnc5[nH]4)c3c2)c1. The van der Waals surface area contributed by atoms with Gasteiger partial charge in [-0.05, 0) is 49.2 Å². The Morgan fingerprint density at radius 2 is 1.97 bits per heavy atom. The van der Waals surface area contributed by atoms with Crippen molar-refractivity contribution in [3.63, 3.8) is 0 Å². The number of aromatic amines is 2. The molecule has 9 nitrogen and oxygen atoms in total. The molecule has 6 rings (SSSR count). The standard InChI is InChI=1S/C28H26N8O/c1-3-4-5-26(37)32-20-10-19(13-29-14-20)18-6-7-23-21(11-18)27(35-34-23)24-12-22-25(8-9-30-28(22)33-24)36-15-17(2)31-16-36/h6-16H,3-5H2,1-2H3,(H,30,33)(H,32,37)(H,34,35). The van der Waals surface area contributed by atoms with Crippen molar-refractivity contribution in [2.24, 2.45) is 0 Å². The molecule has 6 aromatic rings. The smallest absolute Gasteiger partial charge is 0.224 e. The third kappa shape index (κ3) is 4.35. The number of carbonyl (C=O) groups excluding carboxylic acids is 1.